The number of rotatable bonds is 6. The third kappa shape index (κ3) is 5.38. The molecule has 0 saturated carbocycles. The van der Waals surface area contributed by atoms with Crippen LogP contribution in [0.4, 0.5) is 4.79 Å². The van der Waals surface area contributed by atoms with Crippen LogP contribution in [-0.4, -0.2) is 59.0 Å². The van der Waals surface area contributed by atoms with E-state index in [2.05, 4.69) is 6.92 Å². The molecule has 0 spiro atoms. The number of thioether (sulfide) groups is 1. The van der Waals surface area contributed by atoms with Crippen LogP contribution in [0.25, 0.3) is 6.08 Å². The average Bonchev–Trinajstić information content (AvgIpc) is 2.95. The Labute approximate surface area is 173 Å². The number of hydrogen-bond acceptors (Lipinski definition) is 6. The molecule has 0 unspecified atom stereocenters. The van der Waals surface area contributed by atoms with Crippen LogP contribution in [0.15, 0.2) is 29.2 Å². The van der Waals surface area contributed by atoms with Gasteiger partial charge in [-0.25, -0.2) is 0 Å². The molecule has 2 fully saturated rings. The second kappa shape index (κ2) is 9.13. The first-order valence-electron chi connectivity index (χ1n) is 9.38. The van der Waals surface area contributed by atoms with E-state index in [1.165, 1.54) is 0 Å². The van der Waals surface area contributed by atoms with Gasteiger partial charge in [0.2, 0.25) is 5.91 Å². The molecule has 3 rings (SSSR count). The number of hydrogen-bond donors (Lipinski definition) is 1. The van der Waals surface area contributed by atoms with Gasteiger partial charge >= 0.3 is 0 Å². The topological polar surface area (TPSA) is 110 Å². The van der Waals surface area contributed by atoms with E-state index in [1.807, 2.05) is 0 Å². The Balaban J connectivity index is 1.62. The predicted octanol–water partition coefficient (Wildman–Crippen LogP) is 1.85. The lowest BCUT2D eigenvalue weighted by Crippen LogP contribution is -2.45. The number of amides is 4. The first kappa shape index (κ1) is 20.9. The fraction of sp³-hybridized carbons (Fsp3) is 0.400. The van der Waals surface area contributed by atoms with Gasteiger partial charge in [-0.1, -0.05) is 19.1 Å². The van der Waals surface area contributed by atoms with Gasteiger partial charge in [-0.15, -0.1) is 0 Å². The van der Waals surface area contributed by atoms with Crippen LogP contribution < -0.4 is 10.5 Å². The summed E-state index contributed by atoms with van der Waals surface area (Å²) in [7, 11) is 0. The average molecular weight is 417 g/mol. The zero-order chi connectivity index (χ0) is 21.0. The summed E-state index contributed by atoms with van der Waals surface area (Å²) in [6.45, 7) is 3.03. The van der Waals surface area contributed by atoms with Crippen LogP contribution in [0.2, 0.25) is 0 Å². The molecule has 4 amide bonds. The molecule has 2 saturated heterocycles. The highest BCUT2D eigenvalue weighted by molar-refractivity contribution is 8.18. The summed E-state index contributed by atoms with van der Waals surface area (Å²) in [6, 6.07) is 6.68. The van der Waals surface area contributed by atoms with Gasteiger partial charge in [0, 0.05) is 13.1 Å². The van der Waals surface area contributed by atoms with Gasteiger partial charge < -0.3 is 15.4 Å². The summed E-state index contributed by atoms with van der Waals surface area (Å²) in [6.07, 6.45) is 3.47. The van der Waals surface area contributed by atoms with Crippen molar-refractivity contribution in [1.29, 1.82) is 0 Å². The summed E-state index contributed by atoms with van der Waals surface area (Å²) >= 11 is 0.819. The SMILES string of the molecule is CC1CCN(C(=O)CN2C(=O)SC(=Cc3ccc(OCC(N)=O)cc3)C2=O)CC1. The number of nitrogens with two attached hydrogens (primary N) is 1. The number of piperidine rings is 1. The highest BCUT2D eigenvalue weighted by Gasteiger charge is 2.37. The number of carbonyl (C=O) groups excluding carboxylic acids is 4. The quantitative estimate of drug-likeness (QED) is 0.708. The Bertz CT molecular complexity index is 844. The second-order valence-corrected chi connectivity index (χ2v) is 8.15. The van der Waals surface area contributed by atoms with Crippen LogP contribution in [-0.2, 0) is 14.4 Å². The van der Waals surface area contributed by atoms with Crippen molar-refractivity contribution in [3.8, 4) is 5.75 Å². The molecule has 8 nitrogen and oxygen atoms in total. The van der Waals surface area contributed by atoms with Crippen molar-refractivity contribution in [3.05, 3.63) is 34.7 Å². The molecule has 154 valence electrons. The molecule has 2 N–H and O–H groups in total. The minimum atomic E-state index is -0.573. The summed E-state index contributed by atoms with van der Waals surface area (Å²) in [5, 5.41) is -0.443. The third-order valence-corrected chi connectivity index (χ3v) is 5.77. The molecule has 1 aromatic carbocycles. The lowest BCUT2D eigenvalue weighted by Gasteiger charge is -2.31. The normalized spacial score (nSPS) is 19.1. The van der Waals surface area contributed by atoms with E-state index in [1.54, 1.807) is 35.2 Å². The number of imide groups is 1. The molecular formula is C20H23N3O5S. The Hall–Kier alpha value is -2.81. The monoisotopic (exact) mass is 417 g/mol. The van der Waals surface area contributed by atoms with Crippen molar-refractivity contribution in [2.45, 2.75) is 19.8 Å². The van der Waals surface area contributed by atoms with Crippen molar-refractivity contribution in [3.63, 3.8) is 0 Å². The van der Waals surface area contributed by atoms with Crippen molar-refractivity contribution < 1.29 is 23.9 Å². The minimum absolute atomic E-state index is 0.198. The van der Waals surface area contributed by atoms with Crippen molar-refractivity contribution in [2.75, 3.05) is 26.2 Å². The summed E-state index contributed by atoms with van der Waals surface area (Å²) < 4.78 is 5.18. The lowest BCUT2D eigenvalue weighted by molar-refractivity contribution is -0.136. The Kier molecular flexibility index (Phi) is 6.58. The van der Waals surface area contributed by atoms with Crippen LogP contribution in [0, 0.1) is 5.92 Å². The molecule has 1 aromatic rings. The fourth-order valence-electron chi connectivity index (χ4n) is 3.10. The van der Waals surface area contributed by atoms with Gasteiger partial charge in [-0.2, -0.15) is 0 Å². The highest BCUT2D eigenvalue weighted by Crippen LogP contribution is 2.32. The predicted molar refractivity (Wildman–Crippen MR) is 109 cm³/mol. The zero-order valence-electron chi connectivity index (χ0n) is 16.1. The third-order valence-electron chi connectivity index (χ3n) is 4.86. The summed E-state index contributed by atoms with van der Waals surface area (Å²) in [4.78, 5) is 51.1. The van der Waals surface area contributed by atoms with E-state index in [0.717, 1.165) is 29.5 Å². The highest BCUT2D eigenvalue weighted by atomic mass is 32.2. The van der Waals surface area contributed by atoms with Gasteiger partial charge in [0.05, 0.1) is 4.91 Å². The molecule has 0 aromatic heterocycles. The van der Waals surface area contributed by atoms with Crippen LogP contribution in [0.3, 0.4) is 0 Å². The number of nitrogens with zero attached hydrogens (tertiary/aromatic N) is 2. The Morgan fingerprint density at radius 2 is 1.86 bits per heavy atom. The standard InChI is InChI=1S/C20H23N3O5S/c1-13-6-8-22(9-7-13)18(25)11-23-19(26)16(29-20(23)27)10-14-2-4-15(5-3-14)28-12-17(21)24/h2-5,10,13H,6-9,11-12H2,1H3,(H2,21,24). The lowest BCUT2D eigenvalue weighted by atomic mass is 9.99. The van der Waals surface area contributed by atoms with Crippen molar-refractivity contribution in [1.82, 2.24) is 9.80 Å². The molecule has 2 heterocycles. The van der Waals surface area contributed by atoms with Crippen LogP contribution >= 0.6 is 11.8 Å². The van der Waals surface area contributed by atoms with Gasteiger partial charge in [-0.05, 0) is 54.3 Å². The Morgan fingerprint density at radius 1 is 1.21 bits per heavy atom. The van der Waals surface area contributed by atoms with E-state index in [9.17, 15) is 19.2 Å². The molecule has 0 radical (unpaired) electrons. The van der Waals surface area contributed by atoms with E-state index >= 15 is 0 Å². The molecule has 0 aliphatic carbocycles. The molecule has 9 heteroatoms. The summed E-state index contributed by atoms with van der Waals surface area (Å²) in [5.74, 6) is -0.178. The summed E-state index contributed by atoms with van der Waals surface area (Å²) in [5.41, 5.74) is 5.72. The van der Waals surface area contributed by atoms with E-state index in [-0.39, 0.29) is 24.0 Å². The van der Waals surface area contributed by atoms with E-state index in [4.69, 9.17) is 10.5 Å². The number of benzene rings is 1. The van der Waals surface area contributed by atoms with E-state index < -0.39 is 17.1 Å². The maximum atomic E-state index is 12.6. The zero-order valence-corrected chi connectivity index (χ0v) is 16.9. The fourth-order valence-corrected chi connectivity index (χ4v) is 3.93. The van der Waals surface area contributed by atoms with Crippen molar-refractivity contribution >= 4 is 40.8 Å². The molecule has 29 heavy (non-hydrogen) atoms. The molecular weight excluding hydrogens is 394 g/mol. The number of ether oxygens (including phenoxy) is 1. The first-order valence-corrected chi connectivity index (χ1v) is 10.2. The number of carbonyl (C=O) groups is 4. The largest absolute Gasteiger partial charge is 0.484 e. The molecule has 0 bridgehead atoms. The maximum absolute atomic E-state index is 12.6. The molecule has 2 aliphatic rings. The molecule has 0 atom stereocenters. The first-order chi connectivity index (χ1) is 13.8. The minimum Gasteiger partial charge on any atom is -0.484 e. The molecule has 2 aliphatic heterocycles. The van der Waals surface area contributed by atoms with Gasteiger partial charge in [-0.3, -0.25) is 24.1 Å². The van der Waals surface area contributed by atoms with Crippen LogP contribution in [0.5, 0.6) is 5.75 Å². The Morgan fingerprint density at radius 3 is 2.48 bits per heavy atom. The van der Waals surface area contributed by atoms with Gasteiger partial charge in [0.15, 0.2) is 6.61 Å². The number of likely N-dealkylation sites (tertiary alicyclic amines) is 1. The van der Waals surface area contributed by atoms with Gasteiger partial charge in [0.25, 0.3) is 17.1 Å². The number of primary amides is 1. The van der Waals surface area contributed by atoms with Crippen LogP contribution in [0.1, 0.15) is 25.3 Å². The van der Waals surface area contributed by atoms with E-state index in [0.29, 0.717) is 30.3 Å². The smallest absolute Gasteiger partial charge is 0.294 e. The van der Waals surface area contributed by atoms with Gasteiger partial charge in [0.1, 0.15) is 12.3 Å². The second-order valence-electron chi connectivity index (χ2n) is 7.16. The maximum Gasteiger partial charge on any atom is 0.294 e. The van der Waals surface area contributed by atoms with Crippen molar-refractivity contribution in [2.24, 2.45) is 11.7 Å².